The van der Waals surface area contributed by atoms with Crippen molar-refractivity contribution in [2.24, 2.45) is 0 Å². The van der Waals surface area contributed by atoms with Gasteiger partial charge in [-0.25, -0.2) is 0 Å². The van der Waals surface area contributed by atoms with Crippen molar-refractivity contribution >= 4 is 28.3 Å². The summed E-state index contributed by atoms with van der Waals surface area (Å²) < 4.78 is 3.25. The van der Waals surface area contributed by atoms with Crippen LogP contribution in [0.25, 0.3) is 0 Å². The molecule has 0 aliphatic carbocycles. The van der Waals surface area contributed by atoms with Crippen molar-refractivity contribution in [3.05, 3.63) is 108 Å². The maximum absolute atomic E-state index is 7.37. The number of hydrogen-bond donors (Lipinski definition) is 0. The number of hydrogen-bond acceptors (Lipinski definition) is 0. The van der Waals surface area contributed by atoms with Gasteiger partial charge >= 0.3 is 148 Å². The fraction of sp³-hybridized carbons (Fsp3) is 0.143. The average Bonchev–Trinajstić information content (AvgIpc) is 2.57. The summed E-state index contributed by atoms with van der Waals surface area (Å²) in [5.41, 5.74) is 4.16. The second-order valence-corrected chi connectivity index (χ2v) is 26.2. The summed E-state index contributed by atoms with van der Waals surface area (Å²) in [4.78, 5) is 0. The van der Waals surface area contributed by atoms with Crippen molar-refractivity contribution in [2.75, 3.05) is 0 Å². The van der Waals surface area contributed by atoms with Crippen molar-refractivity contribution in [2.45, 2.75) is 11.9 Å². The van der Waals surface area contributed by atoms with Crippen LogP contribution in [0.5, 0.6) is 0 Å². The molecular formula is C21H21ClPb. The molecule has 0 fully saturated rings. The van der Waals surface area contributed by atoms with Crippen LogP contribution in [0.3, 0.4) is 0 Å². The molecule has 3 rings (SSSR count). The maximum atomic E-state index is 7.37. The van der Waals surface area contributed by atoms with Gasteiger partial charge < -0.3 is 0 Å². The monoisotopic (exact) mass is 516 g/mol. The van der Waals surface area contributed by atoms with E-state index in [0.29, 0.717) is 0 Å². The zero-order valence-corrected chi connectivity index (χ0v) is 17.8. The topological polar surface area (TPSA) is 0 Å². The third-order valence-corrected chi connectivity index (χ3v) is 19.8. The van der Waals surface area contributed by atoms with Gasteiger partial charge in [-0.05, 0) is 0 Å². The Morgan fingerprint density at radius 2 is 0.739 bits per heavy atom. The van der Waals surface area contributed by atoms with Crippen LogP contribution >= 0.6 is 8.32 Å². The van der Waals surface area contributed by atoms with E-state index in [9.17, 15) is 0 Å². The molecule has 0 unspecified atom stereocenters. The van der Waals surface area contributed by atoms with E-state index in [1.54, 1.807) is 0 Å². The summed E-state index contributed by atoms with van der Waals surface area (Å²) >= 11 is -3.01. The Labute approximate surface area is 147 Å². The van der Waals surface area contributed by atoms with Crippen molar-refractivity contribution in [1.29, 1.82) is 0 Å². The van der Waals surface area contributed by atoms with Crippen LogP contribution in [0.2, 0.25) is 0 Å². The van der Waals surface area contributed by atoms with Crippen LogP contribution in [0.15, 0.2) is 91.0 Å². The van der Waals surface area contributed by atoms with Crippen LogP contribution in [-0.2, 0) is 11.9 Å². The number of benzene rings is 3. The van der Waals surface area contributed by atoms with Crippen molar-refractivity contribution in [3.8, 4) is 0 Å². The normalized spacial score (nSPS) is 11.3. The second kappa shape index (κ2) is 8.11. The Kier molecular flexibility index (Phi) is 5.90. The molecule has 0 bridgehead atoms. The van der Waals surface area contributed by atoms with Gasteiger partial charge in [0.1, 0.15) is 0 Å². The molecule has 0 saturated heterocycles. The summed E-state index contributed by atoms with van der Waals surface area (Å²) in [6, 6.07) is 32.2. The fourth-order valence-corrected chi connectivity index (χ4v) is 19.9. The summed E-state index contributed by atoms with van der Waals surface area (Å²) in [6.45, 7) is 0. The first-order valence-corrected chi connectivity index (χ1v) is 21.1. The number of rotatable bonds is 6. The Balaban J connectivity index is 1.85. The minimum absolute atomic E-state index is 1.08. The molecule has 0 heterocycles. The molecular weight excluding hydrogens is 495 g/mol. The van der Waals surface area contributed by atoms with Gasteiger partial charge in [0, 0.05) is 0 Å². The predicted molar refractivity (Wildman–Crippen MR) is 102 cm³/mol. The molecule has 23 heavy (non-hydrogen) atoms. The molecule has 2 heteroatoms. The van der Waals surface area contributed by atoms with E-state index < -0.39 is 19.9 Å². The SMILES string of the molecule is [Cl][Pb]([CH2]c1ccccc1)([CH2]c1ccccc1)[CH2]c1ccccc1. The Hall–Kier alpha value is -1.13. The van der Waals surface area contributed by atoms with Gasteiger partial charge in [0.25, 0.3) is 0 Å². The molecule has 0 saturated carbocycles. The molecule has 0 N–H and O–H groups in total. The van der Waals surface area contributed by atoms with Gasteiger partial charge in [-0.2, -0.15) is 0 Å². The summed E-state index contributed by atoms with van der Waals surface area (Å²) in [6.07, 6.45) is 0. The Morgan fingerprint density at radius 3 is 1.00 bits per heavy atom. The van der Waals surface area contributed by atoms with Crippen LogP contribution < -0.4 is 0 Å². The molecule has 3 aromatic rings. The average molecular weight is 516 g/mol. The van der Waals surface area contributed by atoms with Gasteiger partial charge in [0.05, 0.1) is 0 Å². The number of halogens is 1. The molecule has 3 aromatic carbocycles. The third kappa shape index (κ3) is 5.18. The van der Waals surface area contributed by atoms with Gasteiger partial charge in [-0.3, -0.25) is 0 Å². The molecule has 0 aromatic heterocycles. The molecule has 0 spiro atoms. The minimum atomic E-state index is -3.01. The second-order valence-electron chi connectivity index (χ2n) is 6.14. The van der Waals surface area contributed by atoms with Crippen LogP contribution in [0.1, 0.15) is 16.7 Å². The van der Waals surface area contributed by atoms with Crippen LogP contribution in [0.4, 0.5) is 0 Å². The van der Waals surface area contributed by atoms with Crippen molar-refractivity contribution < 1.29 is 0 Å². The zero-order chi connectivity index (χ0) is 16.0. The van der Waals surface area contributed by atoms with E-state index in [0.717, 1.165) is 11.9 Å². The summed E-state index contributed by atoms with van der Waals surface area (Å²) in [5, 5.41) is 0. The van der Waals surface area contributed by atoms with Crippen LogP contribution in [-0.4, -0.2) is 19.9 Å². The molecule has 0 atom stereocenters. The van der Waals surface area contributed by atoms with E-state index >= 15 is 0 Å². The van der Waals surface area contributed by atoms with E-state index in [1.807, 2.05) is 0 Å². The quantitative estimate of drug-likeness (QED) is 0.379. The van der Waals surface area contributed by atoms with E-state index in [-0.39, 0.29) is 0 Å². The van der Waals surface area contributed by atoms with E-state index in [4.69, 9.17) is 8.32 Å². The molecule has 0 amide bonds. The summed E-state index contributed by atoms with van der Waals surface area (Å²) in [5.74, 6) is 0. The summed E-state index contributed by atoms with van der Waals surface area (Å²) in [7, 11) is 7.37. The van der Waals surface area contributed by atoms with Gasteiger partial charge in [0.2, 0.25) is 0 Å². The Bertz CT molecular complexity index is 609. The third-order valence-electron chi connectivity index (χ3n) is 4.09. The molecule has 0 nitrogen and oxygen atoms in total. The molecule has 0 radical (unpaired) electrons. The zero-order valence-electron chi connectivity index (χ0n) is 13.2. The van der Waals surface area contributed by atoms with Gasteiger partial charge in [-0.1, -0.05) is 0 Å². The predicted octanol–water partition coefficient (Wildman–Crippen LogP) is 5.52. The first kappa shape index (κ1) is 16.7. The van der Waals surface area contributed by atoms with Gasteiger partial charge in [0.15, 0.2) is 0 Å². The fourth-order valence-electron chi connectivity index (χ4n) is 3.07. The van der Waals surface area contributed by atoms with Gasteiger partial charge in [-0.15, -0.1) is 0 Å². The molecule has 116 valence electrons. The van der Waals surface area contributed by atoms with Crippen LogP contribution in [0, 0.1) is 0 Å². The van der Waals surface area contributed by atoms with E-state index in [2.05, 4.69) is 91.0 Å². The molecule has 0 aliphatic heterocycles. The van der Waals surface area contributed by atoms with Crippen molar-refractivity contribution in [3.63, 3.8) is 0 Å². The first-order valence-electron chi connectivity index (χ1n) is 8.04. The Morgan fingerprint density at radius 1 is 0.478 bits per heavy atom. The van der Waals surface area contributed by atoms with E-state index in [1.165, 1.54) is 16.7 Å². The first-order chi connectivity index (χ1) is 11.2. The molecule has 0 aliphatic rings. The standard InChI is InChI=1S/3C7H7.ClH.Pb/c3*1-7-5-3-2-4-6-7;;/h3*2-6H,1H2;1H;/q;;;;+1/p-1. The van der Waals surface area contributed by atoms with Crippen molar-refractivity contribution in [1.82, 2.24) is 0 Å².